The SMILES string of the molecule is CCCC[C@@H](CCCOc1c(C)cc(CO)cc1C)Cc1ccc(C)c(C)c1. The molecule has 2 heteroatoms. The number of ether oxygens (including phenoxy) is 1. The molecule has 0 heterocycles. The zero-order chi connectivity index (χ0) is 20.5. The smallest absolute Gasteiger partial charge is 0.125 e. The third-order valence-electron chi connectivity index (χ3n) is 5.77. The molecular formula is C26H38O2. The second-order valence-corrected chi connectivity index (χ2v) is 8.34. The Kier molecular flexibility index (Phi) is 9.05. The molecule has 0 radical (unpaired) electrons. The van der Waals surface area contributed by atoms with E-state index in [1.54, 1.807) is 0 Å². The molecule has 2 rings (SSSR count). The molecule has 2 aromatic rings. The molecule has 154 valence electrons. The quantitative estimate of drug-likeness (QED) is 0.442. The van der Waals surface area contributed by atoms with Gasteiger partial charge in [0.15, 0.2) is 0 Å². The summed E-state index contributed by atoms with van der Waals surface area (Å²) in [6.07, 6.45) is 7.32. The van der Waals surface area contributed by atoms with Gasteiger partial charge in [-0.25, -0.2) is 0 Å². The Labute approximate surface area is 172 Å². The minimum Gasteiger partial charge on any atom is -0.493 e. The summed E-state index contributed by atoms with van der Waals surface area (Å²) in [5, 5.41) is 9.34. The number of hydrogen-bond donors (Lipinski definition) is 1. The highest BCUT2D eigenvalue weighted by Gasteiger charge is 2.11. The molecule has 28 heavy (non-hydrogen) atoms. The number of aryl methyl sites for hydroxylation is 4. The molecule has 2 aromatic carbocycles. The standard InChI is InChI=1S/C26H38O2/c1-6-7-9-23(17-24-12-11-19(2)20(3)14-24)10-8-13-28-26-21(4)15-25(18-27)16-22(26)5/h11-12,14-16,23,27H,6-10,13,17-18H2,1-5H3/t23-/m0/s1. The van der Waals surface area contributed by atoms with Crippen LogP contribution < -0.4 is 4.74 Å². The molecule has 1 N–H and O–H groups in total. The monoisotopic (exact) mass is 382 g/mol. The van der Waals surface area contributed by atoms with Gasteiger partial charge in [-0.05, 0) is 86.3 Å². The van der Waals surface area contributed by atoms with Gasteiger partial charge in [-0.15, -0.1) is 0 Å². The Morgan fingerprint density at radius 2 is 1.46 bits per heavy atom. The normalized spacial score (nSPS) is 12.2. The molecule has 0 saturated carbocycles. The zero-order valence-corrected chi connectivity index (χ0v) is 18.5. The first kappa shape index (κ1) is 22.5. The van der Waals surface area contributed by atoms with Crippen LogP contribution in [-0.2, 0) is 13.0 Å². The minimum absolute atomic E-state index is 0.0829. The van der Waals surface area contributed by atoms with Crippen LogP contribution in [-0.4, -0.2) is 11.7 Å². The van der Waals surface area contributed by atoms with Gasteiger partial charge in [-0.2, -0.15) is 0 Å². The van der Waals surface area contributed by atoms with Crippen LogP contribution in [0.15, 0.2) is 30.3 Å². The van der Waals surface area contributed by atoms with E-state index in [-0.39, 0.29) is 6.61 Å². The fourth-order valence-corrected chi connectivity index (χ4v) is 4.01. The lowest BCUT2D eigenvalue weighted by Crippen LogP contribution is -2.09. The van der Waals surface area contributed by atoms with Gasteiger partial charge in [-0.3, -0.25) is 0 Å². The maximum absolute atomic E-state index is 9.34. The Bertz CT molecular complexity index is 725. The van der Waals surface area contributed by atoms with Crippen LogP contribution in [0.5, 0.6) is 5.75 Å². The Morgan fingerprint density at radius 3 is 2.07 bits per heavy atom. The number of hydrogen-bond acceptors (Lipinski definition) is 2. The second kappa shape index (κ2) is 11.3. The van der Waals surface area contributed by atoms with Crippen LogP contribution in [0.4, 0.5) is 0 Å². The number of aliphatic hydroxyl groups excluding tert-OH is 1. The molecule has 0 aliphatic rings. The van der Waals surface area contributed by atoms with Gasteiger partial charge in [0.25, 0.3) is 0 Å². The number of aliphatic hydroxyl groups is 1. The molecule has 0 fully saturated rings. The van der Waals surface area contributed by atoms with Crippen molar-refractivity contribution in [3.05, 3.63) is 63.7 Å². The highest BCUT2D eigenvalue weighted by Crippen LogP contribution is 2.26. The summed E-state index contributed by atoms with van der Waals surface area (Å²) in [5.41, 5.74) is 7.42. The predicted molar refractivity (Wildman–Crippen MR) is 119 cm³/mol. The van der Waals surface area contributed by atoms with Crippen LogP contribution in [0.2, 0.25) is 0 Å². The van der Waals surface area contributed by atoms with Gasteiger partial charge in [0.2, 0.25) is 0 Å². The van der Waals surface area contributed by atoms with E-state index in [1.165, 1.54) is 48.8 Å². The lowest BCUT2D eigenvalue weighted by atomic mass is 9.89. The van der Waals surface area contributed by atoms with Crippen LogP contribution >= 0.6 is 0 Å². The molecule has 2 nitrogen and oxygen atoms in total. The van der Waals surface area contributed by atoms with Crippen molar-refractivity contribution in [2.75, 3.05) is 6.61 Å². The van der Waals surface area contributed by atoms with Crippen molar-refractivity contribution in [3.63, 3.8) is 0 Å². The van der Waals surface area contributed by atoms with Gasteiger partial charge < -0.3 is 9.84 Å². The van der Waals surface area contributed by atoms with Gasteiger partial charge in [0.1, 0.15) is 5.75 Å². The average molecular weight is 383 g/mol. The lowest BCUT2D eigenvalue weighted by Gasteiger charge is -2.19. The van der Waals surface area contributed by atoms with Gasteiger partial charge in [0, 0.05) is 0 Å². The third kappa shape index (κ3) is 6.67. The van der Waals surface area contributed by atoms with E-state index in [0.29, 0.717) is 0 Å². The summed E-state index contributed by atoms with van der Waals surface area (Å²) < 4.78 is 6.13. The number of benzene rings is 2. The van der Waals surface area contributed by atoms with E-state index >= 15 is 0 Å². The Morgan fingerprint density at radius 1 is 0.821 bits per heavy atom. The summed E-state index contributed by atoms with van der Waals surface area (Å²) in [5.74, 6) is 1.71. The van der Waals surface area contributed by atoms with E-state index in [2.05, 4.69) is 52.8 Å². The molecule has 0 unspecified atom stereocenters. The second-order valence-electron chi connectivity index (χ2n) is 8.34. The molecule has 0 saturated heterocycles. The summed E-state index contributed by atoms with van der Waals surface area (Å²) in [4.78, 5) is 0. The van der Waals surface area contributed by atoms with E-state index in [4.69, 9.17) is 4.74 Å². The highest BCUT2D eigenvalue weighted by atomic mass is 16.5. The molecule has 0 amide bonds. The molecule has 0 aromatic heterocycles. The molecule has 0 bridgehead atoms. The summed E-state index contributed by atoms with van der Waals surface area (Å²) in [6, 6.07) is 11.0. The average Bonchev–Trinajstić information content (AvgIpc) is 2.67. The summed E-state index contributed by atoms with van der Waals surface area (Å²) in [7, 11) is 0. The van der Waals surface area contributed by atoms with Crippen LogP contribution in [0.25, 0.3) is 0 Å². The summed E-state index contributed by atoms with van der Waals surface area (Å²) >= 11 is 0. The van der Waals surface area contributed by atoms with Crippen LogP contribution in [0.3, 0.4) is 0 Å². The Balaban J connectivity index is 1.90. The minimum atomic E-state index is 0.0829. The first-order chi connectivity index (χ1) is 13.4. The zero-order valence-electron chi connectivity index (χ0n) is 18.5. The van der Waals surface area contributed by atoms with Gasteiger partial charge in [-0.1, -0.05) is 56.5 Å². The van der Waals surface area contributed by atoms with Gasteiger partial charge in [0.05, 0.1) is 13.2 Å². The molecule has 0 aliphatic heterocycles. The number of unbranched alkanes of at least 4 members (excludes halogenated alkanes) is 1. The van der Waals surface area contributed by atoms with Crippen molar-refractivity contribution in [3.8, 4) is 5.75 Å². The molecule has 0 aliphatic carbocycles. The predicted octanol–water partition coefficient (Wildman–Crippen LogP) is 6.62. The molecular weight excluding hydrogens is 344 g/mol. The van der Waals surface area contributed by atoms with Crippen molar-refractivity contribution in [1.29, 1.82) is 0 Å². The van der Waals surface area contributed by atoms with Crippen LogP contribution in [0.1, 0.15) is 72.4 Å². The van der Waals surface area contributed by atoms with Crippen molar-refractivity contribution in [2.24, 2.45) is 5.92 Å². The first-order valence-corrected chi connectivity index (χ1v) is 10.8. The molecule has 1 atom stereocenters. The van der Waals surface area contributed by atoms with Crippen molar-refractivity contribution >= 4 is 0 Å². The van der Waals surface area contributed by atoms with Crippen molar-refractivity contribution < 1.29 is 9.84 Å². The van der Waals surface area contributed by atoms with Gasteiger partial charge >= 0.3 is 0 Å². The fraction of sp³-hybridized carbons (Fsp3) is 0.538. The van der Waals surface area contributed by atoms with E-state index in [9.17, 15) is 5.11 Å². The van der Waals surface area contributed by atoms with Crippen molar-refractivity contribution in [2.45, 2.75) is 79.8 Å². The molecule has 0 spiro atoms. The van der Waals surface area contributed by atoms with E-state index in [1.807, 2.05) is 12.1 Å². The number of rotatable bonds is 11. The topological polar surface area (TPSA) is 29.5 Å². The Hall–Kier alpha value is -1.80. The maximum atomic E-state index is 9.34. The van der Waals surface area contributed by atoms with Crippen LogP contribution in [0, 0.1) is 33.6 Å². The van der Waals surface area contributed by atoms with E-state index < -0.39 is 0 Å². The van der Waals surface area contributed by atoms with Crippen molar-refractivity contribution in [1.82, 2.24) is 0 Å². The maximum Gasteiger partial charge on any atom is 0.125 e. The highest BCUT2D eigenvalue weighted by molar-refractivity contribution is 5.43. The first-order valence-electron chi connectivity index (χ1n) is 10.8. The van der Waals surface area contributed by atoms with E-state index in [0.717, 1.165) is 41.4 Å². The lowest BCUT2D eigenvalue weighted by molar-refractivity contribution is 0.277. The fourth-order valence-electron chi connectivity index (χ4n) is 4.01. The third-order valence-corrected chi connectivity index (χ3v) is 5.77. The largest absolute Gasteiger partial charge is 0.493 e. The summed E-state index contributed by atoms with van der Waals surface area (Å²) in [6.45, 7) is 11.6.